The monoisotopic (exact) mass is 318 g/mol. The molecule has 24 heavy (non-hydrogen) atoms. The van der Waals surface area contributed by atoms with Gasteiger partial charge >= 0.3 is 0 Å². The molecule has 1 heterocycles. The SMILES string of the molecule is Cc1ccc(C(=O)/C=C/c2ccc(OCc3ccccc3)cc2)o1. The molecule has 1 aromatic heterocycles. The Bertz CT molecular complexity index is 827. The summed E-state index contributed by atoms with van der Waals surface area (Å²) in [5.74, 6) is 1.73. The number of hydrogen-bond acceptors (Lipinski definition) is 3. The van der Waals surface area contributed by atoms with Gasteiger partial charge < -0.3 is 9.15 Å². The van der Waals surface area contributed by atoms with Crippen molar-refractivity contribution in [3.63, 3.8) is 0 Å². The molecule has 0 fully saturated rings. The third kappa shape index (κ3) is 4.23. The summed E-state index contributed by atoms with van der Waals surface area (Å²) in [6.07, 6.45) is 3.28. The maximum absolute atomic E-state index is 12.0. The molecule has 120 valence electrons. The maximum Gasteiger partial charge on any atom is 0.221 e. The minimum atomic E-state index is -0.146. The van der Waals surface area contributed by atoms with Crippen molar-refractivity contribution in [2.45, 2.75) is 13.5 Å². The zero-order valence-corrected chi connectivity index (χ0v) is 13.4. The van der Waals surface area contributed by atoms with Crippen molar-refractivity contribution < 1.29 is 13.9 Å². The van der Waals surface area contributed by atoms with Crippen molar-refractivity contribution in [3.8, 4) is 5.75 Å². The van der Waals surface area contributed by atoms with Gasteiger partial charge in [-0.3, -0.25) is 4.79 Å². The average molecular weight is 318 g/mol. The van der Waals surface area contributed by atoms with E-state index in [4.69, 9.17) is 9.15 Å². The van der Waals surface area contributed by atoms with Gasteiger partial charge in [-0.2, -0.15) is 0 Å². The molecule has 3 aromatic rings. The van der Waals surface area contributed by atoms with Crippen molar-refractivity contribution in [3.05, 3.63) is 95.5 Å². The van der Waals surface area contributed by atoms with Crippen molar-refractivity contribution >= 4 is 11.9 Å². The first-order valence-corrected chi connectivity index (χ1v) is 7.76. The number of carbonyl (C=O) groups is 1. The summed E-state index contributed by atoms with van der Waals surface area (Å²) in [4.78, 5) is 12.0. The largest absolute Gasteiger partial charge is 0.489 e. The van der Waals surface area contributed by atoms with E-state index in [0.29, 0.717) is 12.4 Å². The molecule has 0 aliphatic rings. The lowest BCUT2D eigenvalue weighted by Crippen LogP contribution is -1.94. The predicted octanol–water partition coefficient (Wildman–Crippen LogP) is 5.06. The quantitative estimate of drug-likeness (QED) is 0.471. The topological polar surface area (TPSA) is 39.4 Å². The Morgan fingerprint density at radius 2 is 1.75 bits per heavy atom. The van der Waals surface area contributed by atoms with Gasteiger partial charge in [0.05, 0.1) is 0 Å². The number of benzene rings is 2. The van der Waals surface area contributed by atoms with E-state index in [9.17, 15) is 4.79 Å². The Morgan fingerprint density at radius 3 is 2.42 bits per heavy atom. The van der Waals surface area contributed by atoms with E-state index in [2.05, 4.69) is 0 Å². The molecule has 0 aliphatic carbocycles. The molecule has 0 unspecified atom stereocenters. The first-order chi connectivity index (χ1) is 11.7. The lowest BCUT2D eigenvalue weighted by molar-refractivity contribution is 0.102. The van der Waals surface area contributed by atoms with Crippen LogP contribution in [0.3, 0.4) is 0 Å². The van der Waals surface area contributed by atoms with Crippen LogP contribution in [0.2, 0.25) is 0 Å². The zero-order chi connectivity index (χ0) is 16.8. The van der Waals surface area contributed by atoms with Crippen molar-refractivity contribution in [1.29, 1.82) is 0 Å². The number of hydrogen-bond donors (Lipinski definition) is 0. The first-order valence-electron chi connectivity index (χ1n) is 7.76. The first kappa shape index (κ1) is 15.8. The Balaban J connectivity index is 1.58. The summed E-state index contributed by atoms with van der Waals surface area (Å²) in [6, 6.07) is 21.1. The molecule has 0 saturated carbocycles. The molecule has 0 spiro atoms. The lowest BCUT2D eigenvalue weighted by Gasteiger charge is -2.06. The second-order valence-corrected chi connectivity index (χ2v) is 5.45. The van der Waals surface area contributed by atoms with Gasteiger partial charge in [0.15, 0.2) is 5.76 Å². The van der Waals surface area contributed by atoms with Gasteiger partial charge in [0.25, 0.3) is 0 Å². The fourth-order valence-electron chi connectivity index (χ4n) is 2.24. The molecular formula is C21H18O3. The highest BCUT2D eigenvalue weighted by Gasteiger charge is 2.05. The van der Waals surface area contributed by atoms with E-state index in [1.54, 1.807) is 18.2 Å². The van der Waals surface area contributed by atoms with Gasteiger partial charge in [0.1, 0.15) is 18.1 Å². The molecule has 0 radical (unpaired) electrons. The summed E-state index contributed by atoms with van der Waals surface area (Å²) in [6.45, 7) is 2.35. The molecule has 0 amide bonds. The third-order valence-electron chi connectivity index (χ3n) is 3.54. The normalized spacial score (nSPS) is 10.9. The Morgan fingerprint density at radius 1 is 1.00 bits per heavy atom. The van der Waals surface area contributed by atoms with E-state index < -0.39 is 0 Å². The summed E-state index contributed by atoms with van der Waals surface area (Å²) in [7, 11) is 0. The third-order valence-corrected chi connectivity index (χ3v) is 3.54. The van der Waals surface area contributed by atoms with E-state index >= 15 is 0 Å². The predicted molar refractivity (Wildman–Crippen MR) is 94.0 cm³/mol. The van der Waals surface area contributed by atoms with Gasteiger partial charge in [-0.1, -0.05) is 48.5 Å². The van der Waals surface area contributed by atoms with Crippen LogP contribution in [-0.4, -0.2) is 5.78 Å². The van der Waals surface area contributed by atoms with E-state index in [1.165, 1.54) is 6.08 Å². The highest BCUT2D eigenvalue weighted by molar-refractivity contribution is 6.04. The van der Waals surface area contributed by atoms with Crippen LogP contribution in [0.1, 0.15) is 27.4 Å². The van der Waals surface area contributed by atoms with E-state index in [1.807, 2.05) is 61.5 Å². The van der Waals surface area contributed by atoms with Crippen LogP contribution < -0.4 is 4.74 Å². The molecule has 0 bridgehead atoms. The number of carbonyl (C=O) groups excluding carboxylic acids is 1. The van der Waals surface area contributed by atoms with Crippen LogP contribution >= 0.6 is 0 Å². The molecule has 0 N–H and O–H groups in total. The minimum absolute atomic E-state index is 0.146. The van der Waals surface area contributed by atoms with Gasteiger partial charge in [-0.15, -0.1) is 0 Å². The van der Waals surface area contributed by atoms with Crippen molar-refractivity contribution in [1.82, 2.24) is 0 Å². The summed E-state index contributed by atoms with van der Waals surface area (Å²) >= 11 is 0. The lowest BCUT2D eigenvalue weighted by atomic mass is 10.1. The van der Waals surface area contributed by atoms with E-state index in [-0.39, 0.29) is 5.78 Å². The van der Waals surface area contributed by atoms with Gasteiger partial charge in [-0.05, 0) is 48.4 Å². The highest BCUT2D eigenvalue weighted by Crippen LogP contribution is 2.16. The fraction of sp³-hybridized carbons (Fsp3) is 0.0952. The van der Waals surface area contributed by atoms with Crippen molar-refractivity contribution in [2.24, 2.45) is 0 Å². The number of furan rings is 1. The highest BCUT2D eigenvalue weighted by atomic mass is 16.5. The standard InChI is InChI=1S/C21H18O3/c1-16-7-14-21(24-16)20(22)13-10-17-8-11-19(12-9-17)23-15-18-5-3-2-4-6-18/h2-14H,15H2,1H3/b13-10+. The Labute approximate surface area is 141 Å². The summed E-state index contributed by atoms with van der Waals surface area (Å²) in [5.41, 5.74) is 2.06. The van der Waals surface area contributed by atoms with Gasteiger partial charge in [0.2, 0.25) is 5.78 Å². The van der Waals surface area contributed by atoms with Crippen molar-refractivity contribution in [2.75, 3.05) is 0 Å². The molecule has 0 saturated heterocycles. The minimum Gasteiger partial charge on any atom is -0.489 e. The second kappa shape index (κ2) is 7.47. The number of rotatable bonds is 6. The molecule has 3 heteroatoms. The zero-order valence-electron chi connectivity index (χ0n) is 13.4. The van der Waals surface area contributed by atoms with Gasteiger partial charge in [-0.25, -0.2) is 0 Å². The number of allylic oxidation sites excluding steroid dienone is 1. The molecule has 3 nitrogen and oxygen atoms in total. The average Bonchev–Trinajstić information content (AvgIpc) is 3.06. The Kier molecular flexibility index (Phi) is 4.92. The fourth-order valence-corrected chi connectivity index (χ4v) is 2.24. The van der Waals surface area contributed by atoms with E-state index in [0.717, 1.165) is 22.6 Å². The van der Waals surface area contributed by atoms with Crippen LogP contribution in [0, 0.1) is 6.92 Å². The number of ether oxygens (including phenoxy) is 1. The van der Waals surface area contributed by atoms with Crippen LogP contribution in [0.25, 0.3) is 6.08 Å². The molecule has 0 aliphatic heterocycles. The van der Waals surface area contributed by atoms with Crippen LogP contribution in [-0.2, 0) is 6.61 Å². The van der Waals surface area contributed by atoms with Gasteiger partial charge in [0, 0.05) is 0 Å². The second-order valence-electron chi connectivity index (χ2n) is 5.45. The molecule has 2 aromatic carbocycles. The summed E-state index contributed by atoms with van der Waals surface area (Å²) in [5, 5.41) is 0. The van der Waals surface area contributed by atoms with Crippen LogP contribution in [0.5, 0.6) is 5.75 Å². The maximum atomic E-state index is 12.0. The smallest absolute Gasteiger partial charge is 0.221 e. The molecule has 3 rings (SSSR count). The Hall–Kier alpha value is -3.07. The number of ketones is 1. The number of aryl methyl sites for hydroxylation is 1. The summed E-state index contributed by atoms with van der Waals surface area (Å²) < 4.78 is 11.0. The molecular weight excluding hydrogens is 300 g/mol. The van der Waals surface area contributed by atoms with Crippen LogP contribution in [0.4, 0.5) is 0 Å². The van der Waals surface area contributed by atoms with Crippen LogP contribution in [0.15, 0.2) is 77.2 Å². The molecule has 0 atom stereocenters.